The fraction of sp³-hybridized carbons (Fsp3) is 0.538. The second-order valence-corrected chi connectivity index (χ2v) is 3.89. The minimum atomic E-state index is -0.281. The Kier molecular flexibility index (Phi) is 5.26. The van der Waals surface area contributed by atoms with Gasteiger partial charge in [-0.05, 0) is 37.3 Å². The van der Waals surface area contributed by atoms with Crippen molar-refractivity contribution < 1.29 is 14.2 Å². The van der Waals surface area contributed by atoms with E-state index in [1.54, 1.807) is 18.2 Å². The molecule has 1 unspecified atom stereocenters. The highest BCUT2D eigenvalue weighted by Crippen LogP contribution is 2.21. The Bertz CT molecular complexity index is 326. The van der Waals surface area contributed by atoms with Crippen LogP contribution in [0.5, 0.6) is 5.75 Å². The van der Waals surface area contributed by atoms with Gasteiger partial charge in [0, 0.05) is 0 Å². The molecule has 0 heterocycles. The van der Waals surface area contributed by atoms with Crippen LogP contribution in [0.15, 0.2) is 18.2 Å². The highest BCUT2D eigenvalue weighted by molar-refractivity contribution is 5.31. The lowest BCUT2D eigenvalue weighted by atomic mass is 10.0. The smallest absolute Gasteiger partial charge is 0.168 e. The van der Waals surface area contributed by atoms with E-state index < -0.39 is 0 Å². The Morgan fingerprint density at radius 2 is 2.19 bits per heavy atom. The first-order chi connectivity index (χ1) is 7.69. The Hall–Kier alpha value is -1.09. The predicted molar refractivity (Wildman–Crippen MR) is 62.2 cm³/mol. The van der Waals surface area contributed by atoms with Gasteiger partial charge in [-0.2, -0.15) is 0 Å². The second kappa shape index (κ2) is 6.48. The van der Waals surface area contributed by atoms with Crippen LogP contribution in [-0.2, 0) is 6.42 Å². The summed E-state index contributed by atoms with van der Waals surface area (Å²) in [6.07, 6.45) is 2.63. The standard InChI is InChI=1S/C13H19FO2/c1-3-11(15)8-4-6-10-7-5-9-12(16-2)13(10)14/h5,7,9,11,15H,3-4,6,8H2,1-2H3. The Labute approximate surface area is 96.1 Å². The first-order valence-electron chi connectivity index (χ1n) is 5.68. The number of aryl methyl sites for hydroxylation is 1. The summed E-state index contributed by atoms with van der Waals surface area (Å²) in [5.41, 5.74) is 0.655. The molecule has 2 nitrogen and oxygen atoms in total. The zero-order chi connectivity index (χ0) is 12.0. The van der Waals surface area contributed by atoms with Crippen LogP contribution in [0, 0.1) is 5.82 Å². The minimum absolute atomic E-state index is 0.270. The van der Waals surface area contributed by atoms with E-state index in [1.807, 2.05) is 6.92 Å². The summed E-state index contributed by atoms with van der Waals surface area (Å²) in [5, 5.41) is 9.39. The Balaban J connectivity index is 2.54. The second-order valence-electron chi connectivity index (χ2n) is 3.89. The molecule has 0 saturated heterocycles. The lowest BCUT2D eigenvalue weighted by Gasteiger charge is -2.09. The lowest BCUT2D eigenvalue weighted by Crippen LogP contribution is -2.05. The molecule has 0 bridgehead atoms. The molecular formula is C13H19FO2. The minimum Gasteiger partial charge on any atom is -0.494 e. The number of methoxy groups -OCH3 is 1. The van der Waals surface area contributed by atoms with Crippen molar-refractivity contribution in [3.8, 4) is 5.75 Å². The Morgan fingerprint density at radius 3 is 2.81 bits per heavy atom. The molecule has 1 atom stereocenters. The van der Waals surface area contributed by atoms with Gasteiger partial charge in [-0.1, -0.05) is 19.1 Å². The van der Waals surface area contributed by atoms with Gasteiger partial charge in [0.15, 0.2) is 11.6 Å². The Morgan fingerprint density at radius 1 is 1.44 bits per heavy atom. The summed E-state index contributed by atoms with van der Waals surface area (Å²) in [6.45, 7) is 1.94. The summed E-state index contributed by atoms with van der Waals surface area (Å²) in [6, 6.07) is 5.16. The van der Waals surface area contributed by atoms with E-state index in [0.29, 0.717) is 18.4 Å². The van der Waals surface area contributed by atoms with E-state index in [9.17, 15) is 9.50 Å². The molecule has 0 aromatic heterocycles. The van der Waals surface area contributed by atoms with Crippen molar-refractivity contribution >= 4 is 0 Å². The zero-order valence-electron chi connectivity index (χ0n) is 9.87. The van der Waals surface area contributed by atoms with Crippen LogP contribution in [0.1, 0.15) is 31.7 Å². The average Bonchev–Trinajstić information content (AvgIpc) is 2.31. The molecule has 16 heavy (non-hydrogen) atoms. The van der Waals surface area contributed by atoms with E-state index in [1.165, 1.54) is 7.11 Å². The van der Waals surface area contributed by atoms with Gasteiger partial charge in [0.2, 0.25) is 0 Å². The molecular weight excluding hydrogens is 207 g/mol. The van der Waals surface area contributed by atoms with E-state index >= 15 is 0 Å². The molecule has 0 aliphatic heterocycles. The number of aliphatic hydroxyl groups excluding tert-OH is 1. The molecule has 0 radical (unpaired) electrons. The topological polar surface area (TPSA) is 29.5 Å². The molecule has 90 valence electrons. The maximum Gasteiger partial charge on any atom is 0.168 e. The molecule has 1 aromatic carbocycles. The number of hydrogen-bond acceptors (Lipinski definition) is 2. The van der Waals surface area contributed by atoms with E-state index in [0.717, 1.165) is 12.8 Å². The monoisotopic (exact) mass is 226 g/mol. The summed E-state index contributed by atoms with van der Waals surface area (Å²) in [4.78, 5) is 0. The molecule has 0 spiro atoms. The van der Waals surface area contributed by atoms with E-state index in [-0.39, 0.29) is 17.7 Å². The van der Waals surface area contributed by atoms with Crippen molar-refractivity contribution in [3.05, 3.63) is 29.6 Å². The molecule has 0 fully saturated rings. The first kappa shape index (κ1) is 13.0. The average molecular weight is 226 g/mol. The number of benzene rings is 1. The normalized spacial score (nSPS) is 12.5. The van der Waals surface area contributed by atoms with Crippen molar-refractivity contribution in [3.63, 3.8) is 0 Å². The number of ether oxygens (including phenoxy) is 1. The van der Waals surface area contributed by atoms with Gasteiger partial charge in [-0.25, -0.2) is 4.39 Å². The number of hydrogen-bond donors (Lipinski definition) is 1. The molecule has 1 N–H and O–H groups in total. The summed E-state index contributed by atoms with van der Waals surface area (Å²) in [7, 11) is 1.46. The molecule has 0 amide bonds. The number of rotatable bonds is 6. The van der Waals surface area contributed by atoms with Gasteiger partial charge in [0.1, 0.15) is 0 Å². The van der Waals surface area contributed by atoms with Gasteiger partial charge >= 0.3 is 0 Å². The van der Waals surface area contributed by atoms with Crippen molar-refractivity contribution in [1.29, 1.82) is 0 Å². The van der Waals surface area contributed by atoms with E-state index in [2.05, 4.69) is 0 Å². The van der Waals surface area contributed by atoms with Crippen molar-refractivity contribution in [1.82, 2.24) is 0 Å². The van der Waals surface area contributed by atoms with Gasteiger partial charge in [0.05, 0.1) is 13.2 Å². The summed E-state index contributed by atoms with van der Waals surface area (Å²) < 4.78 is 18.6. The molecule has 0 saturated carbocycles. The maximum absolute atomic E-state index is 13.7. The zero-order valence-corrected chi connectivity index (χ0v) is 9.87. The third-order valence-electron chi connectivity index (χ3n) is 2.72. The van der Waals surface area contributed by atoms with Crippen LogP contribution < -0.4 is 4.74 Å². The van der Waals surface area contributed by atoms with Crippen LogP contribution in [-0.4, -0.2) is 18.3 Å². The van der Waals surface area contributed by atoms with Crippen LogP contribution in [0.2, 0.25) is 0 Å². The quantitative estimate of drug-likeness (QED) is 0.808. The molecule has 0 aliphatic carbocycles. The van der Waals surface area contributed by atoms with Crippen molar-refractivity contribution in [2.75, 3.05) is 7.11 Å². The fourth-order valence-electron chi connectivity index (χ4n) is 1.64. The SMILES string of the molecule is CCC(O)CCCc1cccc(OC)c1F. The van der Waals surface area contributed by atoms with Gasteiger partial charge in [-0.15, -0.1) is 0 Å². The van der Waals surface area contributed by atoms with Crippen LogP contribution >= 0.6 is 0 Å². The van der Waals surface area contributed by atoms with Crippen LogP contribution in [0.4, 0.5) is 4.39 Å². The van der Waals surface area contributed by atoms with Gasteiger partial charge in [0.25, 0.3) is 0 Å². The fourth-order valence-corrected chi connectivity index (χ4v) is 1.64. The lowest BCUT2D eigenvalue weighted by molar-refractivity contribution is 0.157. The van der Waals surface area contributed by atoms with Crippen molar-refractivity contribution in [2.45, 2.75) is 38.7 Å². The predicted octanol–water partition coefficient (Wildman–Crippen LogP) is 2.93. The highest BCUT2D eigenvalue weighted by Gasteiger charge is 2.08. The number of aliphatic hydroxyl groups is 1. The van der Waals surface area contributed by atoms with Crippen molar-refractivity contribution in [2.24, 2.45) is 0 Å². The van der Waals surface area contributed by atoms with E-state index in [4.69, 9.17) is 4.74 Å². The van der Waals surface area contributed by atoms with Crippen LogP contribution in [0.3, 0.4) is 0 Å². The summed E-state index contributed by atoms with van der Waals surface area (Å²) >= 11 is 0. The van der Waals surface area contributed by atoms with Gasteiger partial charge in [-0.3, -0.25) is 0 Å². The third-order valence-corrected chi connectivity index (χ3v) is 2.72. The highest BCUT2D eigenvalue weighted by atomic mass is 19.1. The largest absolute Gasteiger partial charge is 0.494 e. The molecule has 1 aromatic rings. The van der Waals surface area contributed by atoms with Gasteiger partial charge < -0.3 is 9.84 Å². The summed E-state index contributed by atoms with van der Waals surface area (Å²) in [5.74, 6) is 0.00419. The molecule has 0 aliphatic rings. The first-order valence-corrected chi connectivity index (χ1v) is 5.68. The number of halogens is 1. The van der Waals surface area contributed by atoms with Crippen LogP contribution in [0.25, 0.3) is 0 Å². The third kappa shape index (κ3) is 3.49. The molecule has 1 rings (SSSR count). The molecule has 3 heteroatoms. The maximum atomic E-state index is 13.7.